The number of hydrogen-bond donors (Lipinski definition) is 0. The van der Waals surface area contributed by atoms with Crippen LogP contribution in [0.1, 0.15) is 6.92 Å². The van der Waals surface area contributed by atoms with Crippen molar-refractivity contribution in [3.05, 3.63) is 34.1 Å². The fraction of sp³-hybridized carbons (Fsp3) is 0.417. The van der Waals surface area contributed by atoms with Gasteiger partial charge in [0.25, 0.3) is 0 Å². The predicted octanol–water partition coefficient (Wildman–Crippen LogP) is 0.587. The van der Waals surface area contributed by atoms with Gasteiger partial charge in [0.05, 0.1) is 9.82 Å². The Hall–Kier alpha value is -2.07. The molecule has 1 aromatic rings. The molecule has 22 heavy (non-hydrogen) atoms. The first-order valence-electron chi connectivity index (χ1n) is 6.43. The molecule has 1 saturated heterocycles. The lowest BCUT2D eigenvalue weighted by Gasteiger charge is -2.33. The second-order valence-corrected chi connectivity index (χ2v) is 6.72. The topological polar surface area (TPSA) is 101 Å². The number of halogens is 1. The van der Waals surface area contributed by atoms with Gasteiger partial charge in [-0.25, -0.2) is 8.42 Å². The molecule has 0 bridgehead atoms. The average molecular weight is 331 g/mol. The van der Waals surface area contributed by atoms with Crippen LogP contribution in [0.2, 0.25) is 0 Å². The zero-order valence-corrected chi connectivity index (χ0v) is 12.5. The van der Waals surface area contributed by atoms with E-state index in [1.807, 2.05) is 0 Å². The van der Waals surface area contributed by atoms with E-state index in [0.29, 0.717) is 6.07 Å². The van der Waals surface area contributed by atoms with Crippen molar-refractivity contribution >= 4 is 21.6 Å². The monoisotopic (exact) mass is 331 g/mol. The Labute approximate surface area is 126 Å². The smallest absolute Gasteiger partial charge is 0.306 e. The van der Waals surface area contributed by atoms with E-state index in [1.54, 1.807) is 0 Å². The van der Waals surface area contributed by atoms with Crippen LogP contribution in [-0.4, -0.2) is 54.6 Å². The summed E-state index contributed by atoms with van der Waals surface area (Å²) in [5, 5.41) is 10.7. The van der Waals surface area contributed by atoms with Crippen LogP contribution < -0.4 is 0 Å². The largest absolute Gasteiger partial charge is 0.340 e. The number of nitro groups is 1. The molecule has 8 nitrogen and oxygen atoms in total. The predicted molar refractivity (Wildman–Crippen MR) is 74.1 cm³/mol. The number of nitrogens with zero attached hydrogens (tertiary/aromatic N) is 3. The molecule has 1 aliphatic heterocycles. The SMILES string of the molecule is CC(=O)N1CCN(S(=O)(=O)c2ccc(F)c([N+](=O)[O-])c2)CC1. The Morgan fingerprint density at radius 3 is 2.36 bits per heavy atom. The molecule has 1 amide bonds. The van der Waals surface area contributed by atoms with Gasteiger partial charge in [0.1, 0.15) is 0 Å². The van der Waals surface area contributed by atoms with Crippen molar-refractivity contribution in [1.29, 1.82) is 0 Å². The van der Waals surface area contributed by atoms with Gasteiger partial charge in [-0.15, -0.1) is 0 Å². The van der Waals surface area contributed by atoms with E-state index in [4.69, 9.17) is 0 Å². The molecule has 0 radical (unpaired) electrons. The Bertz CT molecular complexity index is 713. The van der Waals surface area contributed by atoms with Crippen molar-refractivity contribution in [2.24, 2.45) is 0 Å². The lowest BCUT2D eigenvalue weighted by atomic mass is 10.3. The zero-order valence-electron chi connectivity index (χ0n) is 11.7. The van der Waals surface area contributed by atoms with E-state index in [2.05, 4.69) is 0 Å². The highest BCUT2D eigenvalue weighted by Gasteiger charge is 2.31. The highest BCUT2D eigenvalue weighted by atomic mass is 32.2. The number of carbonyl (C=O) groups is 1. The van der Waals surface area contributed by atoms with E-state index >= 15 is 0 Å². The molecule has 120 valence electrons. The van der Waals surface area contributed by atoms with Crippen LogP contribution >= 0.6 is 0 Å². The van der Waals surface area contributed by atoms with E-state index < -0.39 is 26.5 Å². The molecule has 1 aliphatic rings. The third-order valence-corrected chi connectivity index (χ3v) is 5.33. The van der Waals surface area contributed by atoms with Crippen molar-refractivity contribution in [2.45, 2.75) is 11.8 Å². The summed E-state index contributed by atoms with van der Waals surface area (Å²) in [7, 11) is -3.96. The molecule has 1 fully saturated rings. The van der Waals surface area contributed by atoms with Crippen LogP contribution in [-0.2, 0) is 14.8 Å². The van der Waals surface area contributed by atoms with Crippen molar-refractivity contribution in [1.82, 2.24) is 9.21 Å². The summed E-state index contributed by atoms with van der Waals surface area (Å²) >= 11 is 0. The summed E-state index contributed by atoms with van der Waals surface area (Å²) in [4.78, 5) is 22.1. The molecule has 0 saturated carbocycles. The summed E-state index contributed by atoms with van der Waals surface area (Å²) < 4.78 is 39.3. The third-order valence-electron chi connectivity index (χ3n) is 3.44. The maximum absolute atomic E-state index is 13.3. The maximum atomic E-state index is 13.3. The molecule has 0 atom stereocenters. The van der Waals surface area contributed by atoms with Crippen LogP contribution in [0.25, 0.3) is 0 Å². The molecule has 2 rings (SSSR count). The number of rotatable bonds is 3. The zero-order chi connectivity index (χ0) is 16.5. The minimum Gasteiger partial charge on any atom is -0.340 e. The minimum absolute atomic E-state index is 0.0904. The van der Waals surface area contributed by atoms with Gasteiger partial charge in [0.2, 0.25) is 21.7 Å². The number of benzene rings is 1. The lowest BCUT2D eigenvalue weighted by Crippen LogP contribution is -2.49. The molecular formula is C12H14FN3O5S. The Balaban J connectivity index is 2.26. The van der Waals surface area contributed by atoms with Gasteiger partial charge in [-0.1, -0.05) is 0 Å². The maximum Gasteiger partial charge on any atom is 0.306 e. The van der Waals surface area contributed by atoms with Crippen molar-refractivity contribution in [3.63, 3.8) is 0 Å². The van der Waals surface area contributed by atoms with Gasteiger partial charge in [-0.2, -0.15) is 8.70 Å². The van der Waals surface area contributed by atoms with Crippen molar-refractivity contribution < 1.29 is 22.5 Å². The second kappa shape index (κ2) is 5.97. The highest BCUT2D eigenvalue weighted by Crippen LogP contribution is 2.24. The summed E-state index contributed by atoms with van der Waals surface area (Å²) in [5.41, 5.74) is -0.886. The first-order valence-corrected chi connectivity index (χ1v) is 7.87. The van der Waals surface area contributed by atoms with E-state index in [9.17, 15) is 27.7 Å². The van der Waals surface area contributed by atoms with Crippen LogP contribution in [0.3, 0.4) is 0 Å². The lowest BCUT2D eigenvalue weighted by molar-refractivity contribution is -0.387. The Morgan fingerprint density at radius 2 is 1.86 bits per heavy atom. The van der Waals surface area contributed by atoms with E-state index in [0.717, 1.165) is 16.4 Å². The van der Waals surface area contributed by atoms with Crippen LogP contribution in [0.4, 0.5) is 10.1 Å². The van der Waals surface area contributed by atoms with Crippen LogP contribution in [0.5, 0.6) is 0 Å². The third kappa shape index (κ3) is 3.07. The fourth-order valence-corrected chi connectivity index (χ4v) is 3.63. The van der Waals surface area contributed by atoms with Gasteiger partial charge in [-0.3, -0.25) is 14.9 Å². The molecule has 0 unspecified atom stereocenters. The Kier molecular flexibility index (Phi) is 4.42. The van der Waals surface area contributed by atoms with Crippen molar-refractivity contribution in [3.8, 4) is 0 Å². The standard InChI is InChI=1S/C12H14FN3O5S/c1-9(17)14-4-6-15(7-5-14)22(20,21)10-2-3-11(13)12(8-10)16(18)19/h2-3,8H,4-7H2,1H3. The summed E-state index contributed by atoms with van der Waals surface area (Å²) in [6.07, 6.45) is 0. The quantitative estimate of drug-likeness (QED) is 0.596. The number of amides is 1. The van der Waals surface area contributed by atoms with Crippen molar-refractivity contribution in [2.75, 3.05) is 26.2 Å². The molecule has 1 heterocycles. The Morgan fingerprint density at radius 1 is 1.27 bits per heavy atom. The molecule has 0 aromatic heterocycles. The number of nitro benzene ring substituents is 1. The fourth-order valence-electron chi connectivity index (χ4n) is 2.19. The van der Waals surface area contributed by atoms with Gasteiger partial charge in [0, 0.05) is 39.2 Å². The summed E-state index contributed by atoms with van der Waals surface area (Å²) in [5.74, 6) is -1.24. The normalized spacial score (nSPS) is 16.5. The number of carbonyl (C=O) groups excluding carboxylic acids is 1. The molecule has 0 spiro atoms. The van der Waals surface area contributed by atoms with Crippen LogP contribution in [0.15, 0.2) is 23.1 Å². The van der Waals surface area contributed by atoms with Gasteiger partial charge in [-0.05, 0) is 12.1 Å². The van der Waals surface area contributed by atoms with Gasteiger partial charge >= 0.3 is 5.69 Å². The van der Waals surface area contributed by atoms with Gasteiger partial charge in [0.15, 0.2) is 0 Å². The van der Waals surface area contributed by atoms with E-state index in [-0.39, 0.29) is 37.0 Å². The first kappa shape index (κ1) is 16.3. The van der Waals surface area contributed by atoms with Crippen LogP contribution in [0, 0.1) is 15.9 Å². The number of hydrogen-bond acceptors (Lipinski definition) is 5. The van der Waals surface area contributed by atoms with Gasteiger partial charge < -0.3 is 4.90 Å². The van der Waals surface area contributed by atoms with E-state index in [1.165, 1.54) is 11.8 Å². The number of piperazine rings is 1. The molecule has 1 aromatic carbocycles. The average Bonchev–Trinajstić information content (AvgIpc) is 2.47. The molecular weight excluding hydrogens is 317 g/mol. The highest BCUT2D eigenvalue weighted by molar-refractivity contribution is 7.89. The second-order valence-electron chi connectivity index (χ2n) is 4.78. The molecule has 10 heteroatoms. The summed E-state index contributed by atoms with van der Waals surface area (Å²) in [6.45, 7) is 2.07. The molecule has 0 aliphatic carbocycles. The molecule has 0 N–H and O–H groups in total. The summed E-state index contributed by atoms with van der Waals surface area (Å²) in [6, 6.07) is 2.47. The first-order chi connectivity index (χ1) is 10.2. The minimum atomic E-state index is -3.96. The number of sulfonamides is 1.